The number of amides is 1. The Morgan fingerprint density at radius 3 is 2.96 bits per heavy atom. The summed E-state index contributed by atoms with van der Waals surface area (Å²) in [6.45, 7) is 3.60. The molecule has 0 unspecified atom stereocenters. The maximum Gasteiger partial charge on any atom is 0.223 e. The summed E-state index contributed by atoms with van der Waals surface area (Å²) in [5, 5.41) is 3.25. The summed E-state index contributed by atoms with van der Waals surface area (Å²) >= 11 is 0. The first-order chi connectivity index (χ1) is 11.3. The molecule has 1 aromatic heterocycles. The van der Waals surface area contributed by atoms with E-state index in [1.165, 1.54) is 12.0 Å². The van der Waals surface area contributed by atoms with Crippen molar-refractivity contribution in [3.63, 3.8) is 0 Å². The van der Waals surface area contributed by atoms with Crippen LogP contribution in [0.2, 0.25) is 0 Å². The third-order valence-electron chi connectivity index (χ3n) is 5.73. The van der Waals surface area contributed by atoms with Gasteiger partial charge in [-0.2, -0.15) is 0 Å². The minimum absolute atomic E-state index is 0.112. The van der Waals surface area contributed by atoms with E-state index in [9.17, 15) is 4.79 Å². The number of fused-ring (bicyclic) bond motifs is 1. The summed E-state index contributed by atoms with van der Waals surface area (Å²) in [6, 6.07) is 2.44. The number of nitrogens with one attached hydrogen (secondary N) is 1. The van der Waals surface area contributed by atoms with E-state index in [4.69, 9.17) is 9.15 Å². The SMILES string of the molecule is O=C(NC1CCC1)[C@@H]1CCO[C@@H]2CCN(Cc3ccoc3)C[C@H]21. The molecule has 0 radical (unpaired) electrons. The predicted molar refractivity (Wildman–Crippen MR) is 85.7 cm³/mol. The molecule has 2 saturated heterocycles. The van der Waals surface area contributed by atoms with Crippen LogP contribution >= 0.6 is 0 Å². The zero-order valence-corrected chi connectivity index (χ0v) is 13.6. The molecule has 126 valence electrons. The third-order valence-corrected chi connectivity index (χ3v) is 5.73. The summed E-state index contributed by atoms with van der Waals surface area (Å²) in [5.74, 6) is 0.698. The van der Waals surface area contributed by atoms with E-state index in [0.29, 0.717) is 12.0 Å². The normalized spacial score (nSPS) is 32.1. The standard InChI is InChI=1S/C18H26N2O3/c21-18(19-14-2-1-3-14)15-6-9-23-17-4-7-20(11-16(15)17)10-13-5-8-22-12-13/h5,8,12,14-17H,1-4,6-7,9-11H2,(H,19,21)/t15-,16+,17-/m1/s1. The van der Waals surface area contributed by atoms with Crippen molar-refractivity contribution >= 4 is 5.91 Å². The van der Waals surface area contributed by atoms with Crippen LogP contribution in [0.4, 0.5) is 0 Å². The van der Waals surface area contributed by atoms with E-state index in [0.717, 1.165) is 51.9 Å². The van der Waals surface area contributed by atoms with Gasteiger partial charge in [0.25, 0.3) is 0 Å². The van der Waals surface area contributed by atoms with Crippen molar-refractivity contribution in [2.45, 2.75) is 50.8 Å². The highest BCUT2D eigenvalue weighted by atomic mass is 16.5. The van der Waals surface area contributed by atoms with Crippen LogP contribution in [0.3, 0.4) is 0 Å². The molecule has 5 heteroatoms. The molecule has 1 aromatic rings. The molecule has 4 rings (SSSR count). The fourth-order valence-electron chi connectivity index (χ4n) is 4.16. The lowest BCUT2D eigenvalue weighted by atomic mass is 9.78. The summed E-state index contributed by atoms with van der Waals surface area (Å²) in [7, 11) is 0. The number of likely N-dealkylation sites (tertiary alicyclic amines) is 1. The number of rotatable bonds is 4. The van der Waals surface area contributed by atoms with Crippen LogP contribution in [0.1, 0.15) is 37.7 Å². The topological polar surface area (TPSA) is 54.7 Å². The zero-order chi connectivity index (χ0) is 15.6. The van der Waals surface area contributed by atoms with Crippen molar-refractivity contribution in [3.8, 4) is 0 Å². The van der Waals surface area contributed by atoms with Crippen LogP contribution in [0, 0.1) is 11.8 Å². The predicted octanol–water partition coefficient (Wildman–Crippen LogP) is 2.18. The lowest BCUT2D eigenvalue weighted by molar-refractivity contribution is -0.143. The van der Waals surface area contributed by atoms with Gasteiger partial charge < -0.3 is 14.5 Å². The Kier molecular flexibility index (Phi) is 4.40. The van der Waals surface area contributed by atoms with Crippen LogP contribution in [-0.4, -0.2) is 42.6 Å². The molecule has 23 heavy (non-hydrogen) atoms. The summed E-state index contributed by atoms with van der Waals surface area (Å²) in [5.41, 5.74) is 1.20. The molecule has 0 bridgehead atoms. The molecule has 3 heterocycles. The third kappa shape index (κ3) is 3.31. The zero-order valence-electron chi connectivity index (χ0n) is 13.6. The molecule has 1 amide bonds. The molecule has 1 aliphatic carbocycles. The highest BCUT2D eigenvalue weighted by Crippen LogP contribution is 2.34. The van der Waals surface area contributed by atoms with Gasteiger partial charge in [0, 0.05) is 49.7 Å². The van der Waals surface area contributed by atoms with Gasteiger partial charge in [-0.3, -0.25) is 9.69 Å². The van der Waals surface area contributed by atoms with Gasteiger partial charge in [-0.25, -0.2) is 0 Å². The number of ether oxygens (including phenoxy) is 1. The number of carbonyl (C=O) groups is 1. The molecule has 3 atom stereocenters. The highest BCUT2D eigenvalue weighted by Gasteiger charge is 2.42. The van der Waals surface area contributed by atoms with Crippen molar-refractivity contribution in [2.24, 2.45) is 11.8 Å². The smallest absolute Gasteiger partial charge is 0.223 e. The van der Waals surface area contributed by atoms with Gasteiger partial charge in [0.15, 0.2) is 0 Å². The fourth-order valence-corrected chi connectivity index (χ4v) is 4.16. The van der Waals surface area contributed by atoms with E-state index >= 15 is 0 Å². The van der Waals surface area contributed by atoms with Gasteiger partial charge in [-0.15, -0.1) is 0 Å². The minimum atomic E-state index is 0.112. The van der Waals surface area contributed by atoms with E-state index < -0.39 is 0 Å². The Balaban J connectivity index is 1.40. The summed E-state index contributed by atoms with van der Waals surface area (Å²) in [4.78, 5) is 15.1. The molecule has 3 aliphatic rings. The number of hydrogen-bond acceptors (Lipinski definition) is 4. The second-order valence-corrected chi connectivity index (χ2v) is 7.26. The molecule has 0 spiro atoms. The van der Waals surface area contributed by atoms with Crippen molar-refractivity contribution in [2.75, 3.05) is 19.7 Å². The number of nitrogens with zero attached hydrogens (tertiary/aromatic N) is 1. The molecular formula is C18H26N2O3. The van der Waals surface area contributed by atoms with Gasteiger partial charge in [-0.1, -0.05) is 0 Å². The first kappa shape index (κ1) is 15.2. The summed E-state index contributed by atoms with van der Waals surface area (Å²) in [6.07, 6.45) is 9.22. The Morgan fingerprint density at radius 2 is 2.22 bits per heavy atom. The quantitative estimate of drug-likeness (QED) is 0.924. The Bertz CT molecular complexity index is 526. The average Bonchev–Trinajstić information content (AvgIpc) is 3.03. The lowest BCUT2D eigenvalue weighted by Crippen LogP contribution is -2.54. The Labute approximate surface area is 137 Å². The van der Waals surface area contributed by atoms with Gasteiger partial charge in [0.1, 0.15) is 0 Å². The van der Waals surface area contributed by atoms with Crippen molar-refractivity contribution in [1.82, 2.24) is 10.2 Å². The van der Waals surface area contributed by atoms with E-state index in [-0.39, 0.29) is 17.9 Å². The van der Waals surface area contributed by atoms with Gasteiger partial charge in [-0.05, 0) is 38.2 Å². The molecule has 1 saturated carbocycles. The maximum absolute atomic E-state index is 12.7. The van der Waals surface area contributed by atoms with Crippen molar-refractivity contribution in [3.05, 3.63) is 24.2 Å². The Hall–Kier alpha value is -1.33. The molecular weight excluding hydrogens is 292 g/mol. The number of carbonyl (C=O) groups excluding carboxylic acids is 1. The van der Waals surface area contributed by atoms with Crippen LogP contribution in [0.15, 0.2) is 23.0 Å². The fraction of sp³-hybridized carbons (Fsp3) is 0.722. The van der Waals surface area contributed by atoms with Crippen LogP contribution in [-0.2, 0) is 16.1 Å². The van der Waals surface area contributed by atoms with Crippen LogP contribution < -0.4 is 5.32 Å². The van der Waals surface area contributed by atoms with Gasteiger partial charge in [0.2, 0.25) is 5.91 Å². The molecule has 2 aliphatic heterocycles. The number of furan rings is 1. The molecule has 3 fully saturated rings. The summed E-state index contributed by atoms with van der Waals surface area (Å²) < 4.78 is 11.1. The van der Waals surface area contributed by atoms with Gasteiger partial charge >= 0.3 is 0 Å². The number of piperidine rings is 1. The Morgan fingerprint density at radius 1 is 1.30 bits per heavy atom. The van der Waals surface area contributed by atoms with Crippen LogP contribution in [0.25, 0.3) is 0 Å². The molecule has 0 aromatic carbocycles. The van der Waals surface area contributed by atoms with Crippen molar-refractivity contribution in [1.29, 1.82) is 0 Å². The second kappa shape index (κ2) is 6.65. The first-order valence-corrected chi connectivity index (χ1v) is 8.95. The van der Waals surface area contributed by atoms with E-state index in [2.05, 4.69) is 10.2 Å². The molecule has 5 nitrogen and oxygen atoms in total. The minimum Gasteiger partial charge on any atom is -0.472 e. The van der Waals surface area contributed by atoms with E-state index in [1.807, 2.05) is 12.3 Å². The van der Waals surface area contributed by atoms with Crippen LogP contribution in [0.5, 0.6) is 0 Å². The monoisotopic (exact) mass is 318 g/mol. The molecule has 1 N–H and O–H groups in total. The lowest BCUT2D eigenvalue weighted by Gasteiger charge is -2.45. The average molecular weight is 318 g/mol. The van der Waals surface area contributed by atoms with Crippen molar-refractivity contribution < 1.29 is 13.9 Å². The van der Waals surface area contributed by atoms with Gasteiger partial charge in [0.05, 0.1) is 18.6 Å². The highest BCUT2D eigenvalue weighted by molar-refractivity contribution is 5.79. The first-order valence-electron chi connectivity index (χ1n) is 8.95. The van der Waals surface area contributed by atoms with E-state index in [1.54, 1.807) is 6.26 Å². The maximum atomic E-state index is 12.7. The number of hydrogen-bond donors (Lipinski definition) is 1. The largest absolute Gasteiger partial charge is 0.472 e. The second-order valence-electron chi connectivity index (χ2n) is 7.26.